The highest BCUT2D eigenvalue weighted by molar-refractivity contribution is 5.44. The van der Waals surface area contributed by atoms with Gasteiger partial charge in [0, 0.05) is 42.8 Å². The second-order valence-corrected chi connectivity index (χ2v) is 6.04. The van der Waals surface area contributed by atoms with Crippen LogP contribution in [0, 0.1) is 23.5 Å². The zero-order valence-corrected chi connectivity index (χ0v) is 11.9. The molecule has 2 N–H and O–H groups in total. The standard InChI is InChI=1S/C16H21F2NO2/c17-13-5-4-11(8-14(13)18)19-15-6-3-10(9-20)16-12(15)2-1-7-21-16/h4-5,8,10,12,15-16,19-20H,1-3,6-7,9H2/t10?,12?,15-,16?/m0/s1. The van der Waals surface area contributed by atoms with Gasteiger partial charge in [-0.1, -0.05) is 0 Å². The number of hydrogen-bond donors (Lipinski definition) is 2. The molecule has 1 heterocycles. The summed E-state index contributed by atoms with van der Waals surface area (Å²) in [4.78, 5) is 0. The average molecular weight is 297 g/mol. The Labute approximate surface area is 123 Å². The van der Waals surface area contributed by atoms with Crippen LogP contribution in [-0.2, 0) is 4.74 Å². The minimum absolute atomic E-state index is 0.0697. The number of aliphatic hydroxyl groups is 1. The fourth-order valence-corrected chi connectivity index (χ4v) is 3.69. The summed E-state index contributed by atoms with van der Waals surface area (Å²) >= 11 is 0. The molecule has 0 radical (unpaired) electrons. The third-order valence-corrected chi connectivity index (χ3v) is 4.75. The van der Waals surface area contributed by atoms with E-state index < -0.39 is 11.6 Å². The number of halogens is 2. The lowest BCUT2D eigenvalue weighted by Crippen LogP contribution is -2.50. The molecule has 1 aromatic carbocycles. The molecule has 1 aliphatic heterocycles. The smallest absolute Gasteiger partial charge is 0.160 e. The molecule has 4 atom stereocenters. The minimum Gasteiger partial charge on any atom is -0.396 e. The second kappa shape index (κ2) is 6.28. The number of nitrogens with one attached hydrogen (secondary N) is 1. The molecular formula is C16H21F2NO2. The molecule has 5 heteroatoms. The van der Waals surface area contributed by atoms with Gasteiger partial charge in [-0.3, -0.25) is 0 Å². The van der Waals surface area contributed by atoms with Gasteiger partial charge >= 0.3 is 0 Å². The van der Waals surface area contributed by atoms with Crippen molar-refractivity contribution in [2.24, 2.45) is 11.8 Å². The molecule has 2 aliphatic rings. The van der Waals surface area contributed by atoms with Gasteiger partial charge in [0.05, 0.1) is 6.10 Å². The molecule has 1 saturated heterocycles. The molecule has 0 spiro atoms. The molecule has 3 nitrogen and oxygen atoms in total. The Hall–Kier alpha value is -1.20. The predicted molar refractivity (Wildman–Crippen MR) is 76.0 cm³/mol. The molecule has 0 amide bonds. The molecule has 1 saturated carbocycles. The van der Waals surface area contributed by atoms with E-state index in [1.54, 1.807) is 6.07 Å². The van der Waals surface area contributed by atoms with Crippen molar-refractivity contribution in [3.05, 3.63) is 29.8 Å². The van der Waals surface area contributed by atoms with E-state index in [2.05, 4.69) is 5.32 Å². The summed E-state index contributed by atoms with van der Waals surface area (Å²) in [5.74, 6) is -1.15. The van der Waals surface area contributed by atoms with Crippen molar-refractivity contribution >= 4 is 5.69 Å². The van der Waals surface area contributed by atoms with Crippen molar-refractivity contribution < 1.29 is 18.6 Å². The van der Waals surface area contributed by atoms with E-state index in [-0.39, 0.29) is 24.7 Å². The van der Waals surface area contributed by atoms with E-state index in [0.29, 0.717) is 11.6 Å². The van der Waals surface area contributed by atoms with E-state index in [9.17, 15) is 13.9 Å². The van der Waals surface area contributed by atoms with Crippen molar-refractivity contribution in [3.63, 3.8) is 0 Å². The third kappa shape index (κ3) is 3.04. The van der Waals surface area contributed by atoms with E-state index in [0.717, 1.165) is 38.4 Å². The summed E-state index contributed by atoms with van der Waals surface area (Å²) in [7, 11) is 0. The maximum atomic E-state index is 13.3. The highest BCUT2D eigenvalue weighted by Gasteiger charge is 2.41. The first-order chi connectivity index (χ1) is 10.2. The zero-order valence-electron chi connectivity index (χ0n) is 11.9. The second-order valence-electron chi connectivity index (χ2n) is 6.04. The quantitative estimate of drug-likeness (QED) is 0.901. The first-order valence-corrected chi connectivity index (χ1v) is 7.63. The molecule has 116 valence electrons. The lowest BCUT2D eigenvalue weighted by molar-refractivity contribution is -0.0953. The van der Waals surface area contributed by atoms with E-state index in [1.165, 1.54) is 6.07 Å². The molecule has 0 bridgehead atoms. The van der Waals surface area contributed by atoms with Crippen LogP contribution in [0.15, 0.2) is 18.2 Å². The molecule has 0 aromatic heterocycles. The van der Waals surface area contributed by atoms with Gasteiger partial charge in [0.25, 0.3) is 0 Å². The lowest BCUT2D eigenvalue weighted by atomic mass is 9.72. The van der Waals surface area contributed by atoms with Gasteiger partial charge in [-0.15, -0.1) is 0 Å². The first kappa shape index (κ1) is 14.7. The molecule has 3 unspecified atom stereocenters. The van der Waals surface area contributed by atoms with E-state index >= 15 is 0 Å². The van der Waals surface area contributed by atoms with E-state index in [1.807, 2.05) is 0 Å². The zero-order chi connectivity index (χ0) is 14.8. The Balaban J connectivity index is 1.73. The molecular weight excluding hydrogens is 276 g/mol. The van der Waals surface area contributed by atoms with Gasteiger partial charge in [0.15, 0.2) is 11.6 Å². The maximum absolute atomic E-state index is 13.3. The van der Waals surface area contributed by atoms with E-state index in [4.69, 9.17) is 4.74 Å². The normalized spacial score (nSPS) is 32.5. The molecule has 21 heavy (non-hydrogen) atoms. The van der Waals surface area contributed by atoms with Crippen molar-refractivity contribution in [1.82, 2.24) is 0 Å². The van der Waals surface area contributed by atoms with Crippen LogP contribution < -0.4 is 5.32 Å². The molecule has 3 rings (SSSR count). The number of ether oxygens (including phenoxy) is 1. The Kier molecular flexibility index (Phi) is 4.40. The molecule has 1 aromatic rings. The highest BCUT2D eigenvalue weighted by atomic mass is 19.2. The van der Waals surface area contributed by atoms with Crippen molar-refractivity contribution in [2.45, 2.75) is 37.8 Å². The van der Waals surface area contributed by atoms with Gasteiger partial charge in [0.1, 0.15) is 0 Å². The summed E-state index contributed by atoms with van der Waals surface area (Å²) < 4.78 is 32.2. The summed E-state index contributed by atoms with van der Waals surface area (Å²) in [5.41, 5.74) is 0.602. The average Bonchev–Trinajstić information content (AvgIpc) is 2.51. The summed E-state index contributed by atoms with van der Waals surface area (Å²) in [6.45, 7) is 0.897. The van der Waals surface area contributed by atoms with Crippen molar-refractivity contribution in [1.29, 1.82) is 0 Å². The van der Waals surface area contributed by atoms with Crippen LogP contribution in [0.1, 0.15) is 25.7 Å². The number of hydrogen-bond acceptors (Lipinski definition) is 3. The number of aliphatic hydroxyl groups excluding tert-OH is 1. The fraction of sp³-hybridized carbons (Fsp3) is 0.625. The maximum Gasteiger partial charge on any atom is 0.160 e. The van der Waals surface area contributed by atoms with Gasteiger partial charge < -0.3 is 15.2 Å². The highest BCUT2D eigenvalue weighted by Crippen LogP contribution is 2.38. The minimum atomic E-state index is -0.833. The first-order valence-electron chi connectivity index (χ1n) is 7.63. The van der Waals surface area contributed by atoms with Crippen molar-refractivity contribution in [3.8, 4) is 0 Å². The number of anilines is 1. The lowest BCUT2D eigenvalue weighted by Gasteiger charge is -2.45. The number of benzene rings is 1. The van der Waals surface area contributed by atoms with Crippen LogP contribution in [0.3, 0.4) is 0 Å². The number of fused-ring (bicyclic) bond motifs is 1. The third-order valence-electron chi connectivity index (χ3n) is 4.75. The van der Waals surface area contributed by atoms with Crippen molar-refractivity contribution in [2.75, 3.05) is 18.5 Å². The Morgan fingerprint density at radius 3 is 2.81 bits per heavy atom. The summed E-state index contributed by atoms with van der Waals surface area (Å²) in [6.07, 6.45) is 3.92. The van der Waals surface area contributed by atoms with Gasteiger partial charge in [-0.25, -0.2) is 8.78 Å². The van der Waals surface area contributed by atoms with Gasteiger partial charge in [-0.05, 0) is 37.8 Å². The van der Waals surface area contributed by atoms with Crippen LogP contribution in [-0.4, -0.2) is 30.5 Å². The van der Waals surface area contributed by atoms with Gasteiger partial charge in [-0.2, -0.15) is 0 Å². The Morgan fingerprint density at radius 2 is 2.05 bits per heavy atom. The van der Waals surface area contributed by atoms with Crippen LogP contribution >= 0.6 is 0 Å². The number of rotatable bonds is 3. The molecule has 2 fully saturated rings. The Morgan fingerprint density at radius 1 is 1.19 bits per heavy atom. The SMILES string of the molecule is OCC1CC[C@H](Nc2ccc(F)c(F)c2)C2CCCOC12. The predicted octanol–water partition coefficient (Wildman–Crippen LogP) is 2.94. The van der Waals surface area contributed by atoms with Crippen LogP contribution in [0.2, 0.25) is 0 Å². The Bertz CT molecular complexity index is 497. The monoisotopic (exact) mass is 297 g/mol. The molecule has 1 aliphatic carbocycles. The summed E-state index contributed by atoms with van der Waals surface area (Å²) in [5, 5.41) is 12.8. The topological polar surface area (TPSA) is 41.5 Å². The van der Waals surface area contributed by atoms with Crippen LogP contribution in [0.4, 0.5) is 14.5 Å². The van der Waals surface area contributed by atoms with Gasteiger partial charge in [0.2, 0.25) is 0 Å². The van der Waals surface area contributed by atoms with Crippen LogP contribution in [0.5, 0.6) is 0 Å². The largest absolute Gasteiger partial charge is 0.396 e. The fourth-order valence-electron chi connectivity index (χ4n) is 3.69. The van der Waals surface area contributed by atoms with Crippen LogP contribution in [0.25, 0.3) is 0 Å². The summed E-state index contributed by atoms with van der Waals surface area (Å²) in [6, 6.07) is 4.09.